The molecule has 52 heavy (non-hydrogen) atoms. The molecule has 0 aliphatic rings. The Bertz CT molecular complexity index is 1590. The highest BCUT2D eigenvalue weighted by atomic mass is 19.2. The maximum Gasteiger partial charge on any atom is 0.161 e. The molecule has 0 nitrogen and oxygen atoms in total. The minimum atomic E-state index is -0.759. The monoisotopic (exact) mass is 728 g/mol. The second-order valence-corrected chi connectivity index (χ2v) is 17.9. The van der Waals surface area contributed by atoms with E-state index in [4.69, 9.17) is 0 Å². The molecular weight excluding hydrogens is 666 g/mol. The Morgan fingerprint density at radius 1 is 0.327 bits per heavy atom. The van der Waals surface area contributed by atoms with Crippen LogP contribution >= 0.6 is 0 Å². The summed E-state index contributed by atoms with van der Waals surface area (Å²) in [6, 6.07) is 13.2. The van der Waals surface area contributed by atoms with Crippen LogP contribution in [-0.2, 0) is 21.7 Å². The maximum atomic E-state index is 13.5. The minimum absolute atomic E-state index is 0.0271. The van der Waals surface area contributed by atoms with Crippen molar-refractivity contribution < 1.29 is 26.3 Å². The Hall–Kier alpha value is -3.54. The lowest BCUT2D eigenvalue weighted by Gasteiger charge is -2.20. The molecule has 0 spiro atoms. The zero-order chi connectivity index (χ0) is 40.9. The van der Waals surface area contributed by atoms with E-state index in [0.29, 0.717) is 11.1 Å². The van der Waals surface area contributed by atoms with Crippen molar-refractivity contribution in [2.24, 2.45) is 0 Å². The Balaban J connectivity index is 0.000000347. The van der Waals surface area contributed by atoms with Gasteiger partial charge in [0.2, 0.25) is 0 Å². The van der Waals surface area contributed by atoms with Crippen molar-refractivity contribution in [3.63, 3.8) is 0 Å². The number of hydrogen-bond donors (Lipinski definition) is 0. The molecule has 0 radical (unpaired) electrons. The van der Waals surface area contributed by atoms with E-state index >= 15 is 0 Å². The molecule has 4 aromatic rings. The Morgan fingerprint density at radius 3 is 0.942 bits per heavy atom. The van der Waals surface area contributed by atoms with Crippen LogP contribution in [0.15, 0.2) is 48.5 Å². The molecule has 0 saturated heterocycles. The summed E-state index contributed by atoms with van der Waals surface area (Å²) in [6.45, 7) is 34.8. The number of halogens is 6. The normalized spacial score (nSPS) is 11.8. The first-order valence-electron chi connectivity index (χ1n) is 17.8. The van der Waals surface area contributed by atoms with Crippen LogP contribution in [0, 0.1) is 76.4 Å². The van der Waals surface area contributed by atoms with Crippen molar-refractivity contribution in [1.82, 2.24) is 0 Å². The van der Waals surface area contributed by atoms with Gasteiger partial charge in [-0.15, -0.1) is 0 Å². The lowest BCUT2D eigenvalue weighted by molar-refractivity contribution is 0.493. The van der Waals surface area contributed by atoms with Crippen LogP contribution in [0.25, 0.3) is 0 Å². The zero-order valence-electron chi connectivity index (χ0n) is 34.9. The lowest BCUT2D eigenvalue weighted by atomic mass is 9.85. The van der Waals surface area contributed by atoms with Gasteiger partial charge >= 0.3 is 0 Å². The summed E-state index contributed by atoms with van der Waals surface area (Å²) >= 11 is 0. The van der Waals surface area contributed by atoms with E-state index in [-0.39, 0.29) is 38.9 Å². The molecule has 0 aliphatic carbocycles. The van der Waals surface area contributed by atoms with Crippen molar-refractivity contribution in [3.8, 4) is 0 Å². The molecule has 0 amide bonds. The molecule has 4 aromatic carbocycles. The predicted octanol–water partition coefficient (Wildman–Crippen LogP) is 14.6. The maximum absolute atomic E-state index is 13.5. The molecule has 0 N–H and O–H groups in total. The van der Waals surface area contributed by atoms with Crippen LogP contribution in [0.5, 0.6) is 0 Å². The zero-order valence-corrected chi connectivity index (χ0v) is 34.9. The summed E-state index contributed by atoms with van der Waals surface area (Å²) in [5, 5.41) is 0. The molecular formula is C46H62F6. The number of rotatable bonds is 0. The molecule has 0 aromatic heterocycles. The molecule has 0 fully saturated rings. The number of hydrogen-bond acceptors (Lipinski definition) is 0. The fourth-order valence-corrected chi connectivity index (χ4v) is 4.90. The Labute approximate surface area is 311 Å². The largest absolute Gasteiger partial charge is 0.207 e. The lowest BCUT2D eigenvalue weighted by Crippen LogP contribution is -2.14. The minimum Gasteiger partial charge on any atom is -0.207 e. The standard InChI is InChI=1S/2C12H17F.2C11H14F2/c2*1-8-6-10(12(3,4)5)7-11(13)9(8)2;1-7-5-8(11(2,3)4)6-9(12)10(7)13;1-7-9(12)6-5-8(10(7)13)11(2,3)4/h2*6-7H,1-5H3;2*5-6H,1-4H3. The summed E-state index contributed by atoms with van der Waals surface area (Å²) in [5.41, 5.74) is 7.20. The second-order valence-electron chi connectivity index (χ2n) is 17.9. The van der Waals surface area contributed by atoms with Crippen molar-refractivity contribution in [3.05, 3.63) is 139 Å². The van der Waals surface area contributed by atoms with Gasteiger partial charge in [0, 0.05) is 5.56 Å². The van der Waals surface area contributed by atoms with E-state index in [1.807, 2.05) is 69.2 Å². The van der Waals surface area contributed by atoms with Gasteiger partial charge in [-0.2, -0.15) is 0 Å². The van der Waals surface area contributed by atoms with Gasteiger partial charge in [0.15, 0.2) is 11.6 Å². The predicted molar refractivity (Wildman–Crippen MR) is 209 cm³/mol. The van der Waals surface area contributed by atoms with E-state index in [2.05, 4.69) is 53.7 Å². The highest BCUT2D eigenvalue weighted by Crippen LogP contribution is 2.29. The van der Waals surface area contributed by atoms with Gasteiger partial charge in [0.05, 0.1) is 0 Å². The SMILES string of the molecule is Cc1c(F)ccc(C(C)(C)C)c1F.Cc1cc(C(C)(C)C)cc(F)c1C.Cc1cc(C(C)(C)C)cc(F)c1C.Cc1cc(C(C)(C)C)cc(F)c1F. The van der Waals surface area contributed by atoms with Crippen molar-refractivity contribution in [2.45, 2.75) is 146 Å². The quantitative estimate of drug-likeness (QED) is 0.158. The third-order valence-electron chi connectivity index (χ3n) is 9.14. The third kappa shape index (κ3) is 13.1. The first-order chi connectivity index (χ1) is 23.3. The van der Waals surface area contributed by atoms with Crippen LogP contribution in [-0.4, -0.2) is 0 Å². The number of aryl methyl sites for hydroxylation is 3. The summed E-state index contributed by atoms with van der Waals surface area (Å²) in [4.78, 5) is 0. The second kappa shape index (κ2) is 17.5. The molecule has 0 saturated carbocycles. The fraction of sp³-hybridized carbons (Fsp3) is 0.478. The molecule has 0 aliphatic heterocycles. The van der Waals surface area contributed by atoms with Gasteiger partial charge in [-0.1, -0.05) is 107 Å². The molecule has 0 atom stereocenters. The van der Waals surface area contributed by atoms with Crippen LogP contribution in [0.3, 0.4) is 0 Å². The topological polar surface area (TPSA) is 0 Å². The molecule has 0 bridgehead atoms. The van der Waals surface area contributed by atoms with E-state index < -0.39 is 23.3 Å². The van der Waals surface area contributed by atoms with Crippen LogP contribution in [0.1, 0.15) is 139 Å². The molecule has 4 rings (SSSR count). The molecule has 288 valence electrons. The Kier molecular flexibility index (Phi) is 15.7. The van der Waals surface area contributed by atoms with E-state index in [1.165, 1.54) is 25.1 Å². The first kappa shape index (κ1) is 46.5. The fourth-order valence-electron chi connectivity index (χ4n) is 4.90. The van der Waals surface area contributed by atoms with E-state index in [9.17, 15) is 26.3 Å². The highest BCUT2D eigenvalue weighted by molar-refractivity contribution is 5.36. The Morgan fingerprint density at radius 2 is 0.654 bits per heavy atom. The summed E-state index contributed by atoms with van der Waals surface area (Å²) in [5.74, 6) is -2.59. The average Bonchev–Trinajstić information content (AvgIpc) is 2.98. The van der Waals surface area contributed by atoms with E-state index in [0.717, 1.165) is 38.9 Å². The van der Waals surface area contributed by atoms with Crippen molar-refractivity contribution in [2.75, 3.05) is 0 Å². The van der Waals surface area contributed by atoms with Gasteiger partial charge in [-0.25, -0.2) is 26.3 Å². The van der Waals surface area contributed by atoms with Crippen LogP contribution in [0.4, 0.5) is 26.3 Å². The van der Waals surface area contributed by atoms with Gasteiger partial charge in [0.1, 0.15) is 23.3 Å². The van der Waals surface area contributed by atoms with Gasteiger partial charge in [0.25, 0.3) is 0 Å². The molecule has 0 heterocycles. The summed E-state index contributed by atoms with van der Waals surface area (Å²) < 4.78 is 79.1. The highest BCUT2D eigenvalue weighted by Gasteiger charge is 2.21. The number of benzene rings is 4. The first-order valence-corrected chi connectivity index (χ1v) is 17.8. The van der Waals surface area contributed by atoms with Crippen LogP contribution < -0.4 is 0 Å². The van der Waals surface area contributed by atoms with Gasteiger partial charge in [-0.3, -0.25) is 0 Å². The summed E-state index contributed by atoms with van der Waals surface area (Å²) in [6.07, 6.45) is 0. The van der Waals surface area contributed by atoms with E-state index in [1.54, 1.807) is 25.1 Å². The van der Waals surface area contributed by atoms with Crippen molar-refractivity contribution in [1.29, 1.82) is 0 Å². The van der Waals surface area contributed by atoms with Gasteiger partial charge in [-0.05, 0) is 138 Å². The molecule has 0 unspecified atom stereocenters. The van der Waals surface area contributed by atoms with Gasteiger partial charge < -0.3 is 0 Å². The van der Waals surface area contributed by atoms with Crippen LogP contribution in [0.2, 0.25) is 0 Å². The molecule has 6 heteroatoms. The third-order valence-corrected chi connectivity index (χ3v) is 9.14. The van der Waals surface area contributed by atoms with Crippen molar-refractivity contribution >= 4 is 0 Å². The average molecular weight is 729 g/mol. The summed E-state index contributed by atoms with van der Waals surface area (Å²) in [7, 11) is 0. The smallest absolute Gasteiger partial charge is 0.161 e.